The second kappa shape index (κ2) is 6.37. The van der Waals surface area contributed by atoms with Crippen LogP contribution in [0.3, 0.4) is 0 Å². The van der Waals surface area contributed by atoms with E-state index in [4.69, 9.17) is 4.18 Å². The SMILES string of the molecule is C[Si](C)(C)C#CC(Cc1ccccc1)OS(C)(=O)=O. The maximum Gasteiger partial charge on any atom is 0.265 e. The van der Waals surface area contributed by atoms with Crippen molar-refractivity contribution >= 4 is 18.2 Å². The Bertz CT molecular complexity index is 562. The molecular weight excluding hydrogens is 276 g/mol. The summed E-state index contributed by atoms with van der Waals surface area (Å²) in [6.07, 6.45) is 0.927. The summed E-state index contributed by atoms with van der Waals surface area (Å²) in [5, 5.41) is 0. The van der Waals surface area contributed by atoms with Gasteiger partial charge in [0.2, 0.25) is 0 Å². The van der Waals surface area contributed by atoms with E-state index in [1.807, 2.05) is 30.3 Å². The van der Waals surface area contributed by atoms with Gasteiger partial charge in [0, 0.05) is 6.42 Å². The van der Waals surface area contributed by atoms with Crippen molar-refractivity contribution in [2.45, 2.75) is 32.2 Å². The molecule has 19 heavy (non-hydrogen) atoms. The number of hydrogen-bond acceptors (Lipinski definition) is 3. The summed E-state index contributed by atoms with van der Waals surface area (Å²) in [4.78, 5) is 0. The van der Waals surface area contributed by atoms with Crippen LogP contribution in [0.5, 0.6) is 0 Å². The van der Waals surface area contributed by atoms with Crippen LogP contribution in [0.2, 0.25) is 19.6 Å². The van der Waals surface area contributed by atoms with Gasteiger partial charge in [0.25, 0.3) is 10.1 Å². The van der Waals surface area contributed by atoms with E-state index in [1.165, 1.54) is 0 Å². The Balaban J connectivity index is 2.89. The van der Waals surface area contributed by atoms with Gasteiger partial charge in [-0.05, 0) is 5.56 Å². The lowest BCUT2D eigenvalue weighted by Crippen LogP contribution is -2.22. The summed E-state index contributed by atoms with van der Waals surface area (Å²) < 4.78 is 27.6. The number of hydrogen-bond donors (Lipinski definition) is 0. The molecule has 104 valence electrons. The van der Waals surface area contributed by atoms with Gasteiger partial charge in [-0.3, -0.25) is 4.18 Å². The second-order valence-corrected chi connectivity index (χ2v) is 11.8. The minimum atomic E-state index is -3.50. The van der Waals surface area contributed by atoms with Gasteiger partial charge in [-0.15, -0.1) is 5.54 Å². The van der Waals surface area contributed by atoms with E-state index in [2.05, 4.69) is 31.1 Å². The fourth-order valence-corrected chi connectivity index (χ4v) is 2.58. The average Bonchev–Trinajstić information content (AvgIpc) is 2.24. The molecule has 0 aliphatic rings. The van der Waals surface area contributed by atoms with Crippen molar-refractivity contribution in [3.05, 3.63) is 35.9 Å². The molecule has 1 atom stereocenters. The molecule has 0 bridgehead atoms. The van der Waals surface area contributed by atoms with Gasteiger partial charge in [-0.25, -0.2) is 0 Å². The lowest BCUT2D eigenvalue weighted by Gasteiger charge is -2.12. The molecular formula is C14H20O3SSi. The van der Waals surface area contributed by atoms with Crippen LogP contribution in [0.1, 0.15) is 5.56 Å². The first-order valence-corrected chi connectivity index (χ1v) is 11.4. The molecule has 0 spiro atoms. The van der Waals surface area contributed by atoms with Crippen molar-refractivity contribution in [2.75, 3.05) is 6.26 Å². The first-order valence-electron chi connectivity index (χ1n) is 6.11. The summed E-state index contributed by atoms with van der Waals surface area (Å²) in [6.45, 7) is 6.33. The quantitative estimate of drug-likeness (QED) is 0.487. The molecule has 0 radical (unpaired) electrons. The van der Waals surface area contributed by atoms with Crippen LogP contribution in [0.15, 0.2) is 30.3 Å². The Morgan fingerprint density at radius 1 is 1.21 bits per heavy atom. The van der Waals surface area contributed by atoms with E-state index in [9.17, 15) is 8.42 Å². The molecule has 0 aliphatic carbocycles. The van der Waals surface area contributed by atoms with E-state index in [0.29, 0.717) is 6.42 Å². The van der Waals surface area contributed by atoms with Gasteiger partial charge >= 0.3 is 0 Å². The monoisotopic (exact) mass is 296 g/mol. The highest BCUT2D eigenvalue weighted by molar-refractivity contribution is 7.86. The molecule has 3 nitrogen and oxygen atoms in total. The van der Waals surface area contributed by atoms with Gasteiger partial charge in [0.15, 0.2) is 0 Å². The van der Waals surface area contributed by atoms with E-state index in [0.717, 1.165) is 11.8 Å². The molecule has 5 heteroatoms. The summed E-state index contributed by atoms with van der Waals surface area (Å²) >= 11 is 0. The molecule has 0 N–H and O–H groups in total. The molecule has 0 aromatic heterocycles. The minimum Gasteiger partial charge on any atom is -0.254 e. The van der Waals surface area contributed by atoms with Crippen molar-refractivity contribution in [2.24, 2.45) is 0 Å². The average molecular weight is 296 g/mol. The smallest absolute Gasteiger partial charge is 0.254 e. The van der Waals surface area contributed by atoms with Crippen LogP contribution in [-0.2, 0) is 20.7 Å². The highest BCUT2D eigenvalue weighted by Crippen LogP contribution is 2.08. The predicted octanol–water partition coefficient (Wildman–Crippen LogP) is 2.45. The molecule has 0 heterocycles. The number of benzene rings is 1. The summed E-state index contributed by atoms with van der Waals surface area (Å²) in [6, 6.07) is 9.63. The fourth-order valence-electron chi connectivity index (χ4n) is 1.45. The maximum atomic E-state index is 11.3. The molecule has 0 saturated heterocycles. The minimum absolute atomic E-state index is 0.478. The van der Waals surface area contributed by atoms with Gasteiger partial charge < -0.3 is 0 Å². The zero-order valence-electron chi connectivity index (χ0n) is 11.8. The maximum absolute atomic E-state index is 11.3. The van der Waals surface area contributed by atoms with E-state index in [-0.39, 0.29) is 0 Å². The lowest BCUT2D eigenvalue weighted by molar-refractivity contribution is 0.267. The second-order valence-electron chi connectivity index (χ2n) is 5.50. The van der Waals surface area contributed by atoms with E-state index < -0.39 is 24.3 Å². The highest BCUT2D eigenvalue weighted by Gasteiger charge is 2.15. The van der Waals surface area contributed by atoms with Crippen LogP contribution in [0.25, 0.3) is 0 Å². The molecule has 1 aromatic rings. The third kappa shape index (κ3) is 7.83. The Kier molecular flexibility index (Phi) is 5.35. The van der Waals surface area contributed by atoms with Crippen LogP contribution in [0, 0.1) is 11.5 Å². The zero-order valence-corrected chi connectivity index (χ0v) is 13.6. The van der Waals surface area contributed by atoms with Crippen LogP contribution in [-0.4, -0.2) is 28.9 Å². The molecule has 0 amide bonds. The van der Waals surface area contributed by atoms with E-state index in [1.54, 1.807) is 0 Å². The fraction of sp³-hybridized carbons (Fsp3) is 0.429. The van der Waals surface area contributed by atoms with Crippen molar-refractivity contribution in [3.8, 4) is 11.5 Å². The standard InChI is InChI=1S/C14H20O3SSi/c1-18(15,16)17-14(10-11-19(2,3)4)12-13-8-6-5-7-9-13/h5-9,14H,12H2,1-4H3. The molecule has 0 fully saturated rings. The summed E-state index contributed by atoms with van der Waals surface area (Å²) in [7, 11) is -5.05. The van der Waals surface area contributed by atoms with Gasteiger partial charge in [0.05, 0.1) is 6.26 Å². The van der Waals surface area contributed by atoms with Gasteiger partial charge in [-0.2, -0.15) is 8.42 Å². The largest absolute Gasteiger partial charge is 0.265 e. The Hall–Kier alpha value is -1.09. The van der Waals surface area contributed by atoms with Crippen LogP contribution in [0.4, 0.5) is 0 Å². The highest BCUT2D eigenvalue weighted by atomic mass is 32.2. The molecule has 1 aromatic carbocycles. The normalized spacial score (nSPS) is 13.5. The third-order valence-electron chi connectivity index (χ3n) is 2.16. The molecule has 0 aliphatic heterocycles. The van der Waals surface area contributed by atoms with Crippen LogP contribution >= 0.6 is 0 Å². The first-order chi connectivity index (χ1) is 8.66. The molecule has 1 unspecified atom stereocenters. The molecule has 1 rings (SSSR count). The van der Waals surface area contributed by atoms with Crippen molar-refractivity contribution < 1.29 is 12.6 Å². The van der Waals surface area contributed by atoms with Gasteiger partial charge in [0.1, 0.15) is 14.2 Å². The Labute approximate surface area is 117 Å². The predicted molar refractivity (Wildman–Crippen MR) is 81.0 cm³/mol. The summed E-state index contributed by atoms with van der Waals surface area (Å²) in [5.74, 6) is 2.98. The van der Waals surface area contributed by atoms with Crippen molar-refractivity contribution in [1.29, 1.82) is 0 Å². The Morgan fingerprint density at radius 3 is 2.26 bits per heavy atom. The Morgan fingerprint density at radius 2 is 1.79 bits per heavy atom. The lowest BCUT2D eigenvalue weighted by atomic mass is 10.1. The van der Waals surface area contributed by atoms with Crippen molar-refractivity contribution in [3.63, 3.8) is 0 Å². The molecule has 0 saturated carbocycles. The third-order valence-corrected chi connectivity index (χ3v) is 3.64. The van der Waals surface area contributed by atoms with Crippen molar-refractivity contribution in [1.82, 2.24) is 0 Å². The van der Waals surface area contributed by atoms with E-state index >= 15 is 0 Å². The number of rotatable bonds is 4. The topological polar surface area (TPSA) is 43.4 Å². The van der Waals surface area contributed by atoms with Crippen LogP contribution < -0.4 is 0 Å². The zero-order chi connectivity index (χ0) is 14.5. The summed E-state index contributed by atoms with van der Waals surface area (Å²) in [5.41, 5.74) is 4.18. The first kappa shape index (κ1) is 16.0. The van der Waals surface area contributed by atoms with Gasteiger partial charge in [-0.1, -0.05) is 55.9 Å².